The monoisotopic (exact) mass is 406 g/mol. The number of ether oxygens (including phenoxy) is 2. The Morgan fingerprint density at radius 3 is 0.931 bits per heavy atom. The predicted molar refractivity (Wildman–Crippen MR) is 124 cm³/mol. The minimum absolute atomic E-state index is 0.000487. The number of aliphatic imine (C=N–C) groups is 2. The highest BCUT2D eigenvalue weighted by Gasteiger charge is 2.53. The van der Waals surface area contributed by atoms with E-state index in [4.69, 9.17) is 19.5 Å². The number of rotatable bonds is 2. The van der Waals surface area contributed by atoms with E-state index in [0.29, 0.717) is 0 Å². The first-order chi connectivity index (χ1) is 12.7. The van der Waals surface area contributed by atoms with Gasteiger partial charge in [0.25, 0.3) is 0 Å². The Labute approximate surface area is 180 Å². The fourth-order valence-corrected chi connectivity index (χ4v) is 4.12. The molecule has 168 valence electrons. The fourth-order valence-electron chi connectivity index (χ4n) is 4.12. The first-order valence-corrected chi connectivity index (χ1v) is 11.2. The van der Waals surface area contributed by atoms with E-state index in [2.05, 4.69) is 96.9 Å². The summed E-state index contributed by atoms with van der Waals surface area (Å²) < 4.78 is 13.1. The van der Waals surface area contributed by atoms with Gasteiger partial charge in [-0.3, -0.25) is 0 Å². The SMILES string of the molecule is CC(C)(C1=NC(C(C)(C)C)C(C(C)(C)C)O1)C1=NC(C(C)(C)C)C(C(C)(C)C)O1. The molecule has 0 N–H and O–H groups in total. The Hall–Kier alpha value is -1.06. The van der Waals surface area contributed by atoms with Gasteiger partial charge < -0.3 is 9.47 Å². The molecule has 2 rings (SSSR count). The third-order valence-electron chi connectivity index (χ3n) is 6.11. The zero-order chi connectivity index (χ0) is 22.8. The minimum atomic E-state index is -0.493. The molecular weight excluding hydrogens is 360 g/mol. The average Bonchev–Trinajstić information content (AvgIpc) is 3.10. The van der Waals surface area contributed by atoms with Crippen molar-refractivity contribution >= 4 is 11.8 Å². The second-order valence-electron chi connectivity index (χ2n) is 13.9. The zero-order valence-corrected chi connectivity index (χ0v) is 21.5. The third kappa shape index (κ3) is 4.82. The average molecular weight is 407 g/mol. The summed E-state index contributed by atoms with van der Waals surface area (Å²) in [4.78, 5) is 10.3. The Morgan fingerprint density at radius 2 is 0.759 bits per heavy atom. The van der Waals surface area contributed by atoms with Crippen molar-refractivity contribution in [1.29, 1.82) is 0 Å². The van der Waals surface area contributed by atoms with Gasteiger partial charge in [-0.2, -0.15) is 0 Å². The van der Waals surface area contributed by atoms with Gasteiger partial charge in [-0.05, 0) is 24.7 Å². The number of hydrogen-bond acceptors (Lipinski definition) is 4. The van der Waals surface area contributed by atoms with Crippen LogP contribution in [-0.4, -0.2) is 36.1 Å². The summed E-state index contributed by atoms with van der Waals surface area (Å²) in [5.41, 5.74) is -0.446. The molecule has 0 radical (unpaired) electrons. The minimum Gasteiger partial charge on any atom is -0.474 e. The summed E-state index contributed by atoms with van der Waals surface area (Å²) in [6.45, 7) is 31.1. The van der Waals surface area contributed by atoms with Gasteiger partial charge in [-0.25, -0.2) is 9.98 Å². The van der Waals surface area contributed by atoms with E-state index in [9.17, 15) is 0 Å². The van der Waals surface area contributed by atoms with Crippen molar-refractivity contribution in [3.63, 3.8) is 0 Å². The van der Waals surface area contributed by atoms with Crippen molar-refractivity contribution in [3.8, 4) is 0 Å². The van der Waals surface area contributed by atoms with Crippen molar-refractivity contribution in [2.45, 2.75) is 121 Å². The standard InChI is InChI=1S/C25H46N2O2/c1-21(2,3)15-17(23(7,8)9)28-19(26-15)25(13,14)20-27-16(22(4,5)6)18(29-20)24(10,11)12/h15-18H,1-14H3. The Kier molecular flexibility index (Phi) is 5.83. The van der Waals surface area contributed by atoms with Crippen LogP contribution in [0.4, 0.5) is 0 Å². The van der Waals surface area contributed by atoms with E-state index in [1.54, 1.807) is 0 Å². The summed E-state index contributed by atoms with van der Waals surface area (Å²) in [5.74, 6) is 1.52. The smallest absolute Gasteiger partial charge is 0.199 e. The molecular formula is C25H46N2O2. The molecule has 0 bridgehead atoms. The Bertz CT molecular complexity index is 618. The van der Waals surface area contributed by atoms with Gasteiger partial charge in [-0.1, -0.05) is 83.1 Å². The van der Waals surface area contributed by atoms with Crippen LogP contribution in [0.1, 0.15) is 96.9 Å². The molecule has 0 aromatic rings. The molecule has 4 unspecified atom stereocenters. The highest BCUT2D eigenvalue weighted by Crippen LogP contribution is 2.45. The van der Waals surface area contributed by atoms with E-state index in [0.717, 1.165) is 11.8 Å². The predicted octanol–water partition coefficient (Wildman–Crippen LogP) is 6.53. The lowest BCUT2D eigenvalue weighted by Crippen LogP contribution is -2.44. The molecule has 0 saturated carbocycles. The molecule has 2 aliphatic rings. The maximum absolute atomic E-state index is 6.57. The van der Waals surface area contributed by atoms with E-state index in [1.807, 2.05) is 0 Å². The van der Waals surface area contributed by atoms with E-state index in [-0.39, 0.29) is 46.0 Å². The third-order valence-corrected chi connectivity index (χ3v) is 6.11. The summed E-state index contributed by atoms with van der Waals surface area (Å²) >= 11 is 0. The summed E-state index contributed by atoms with van der Waals surface area (Å²) in [5, 5.41) is 0. The van der Waals surface area contributed by atoms with Crippen molar-refractivity contribution in [3.05, 3.63) is 0 Å². The normalized spacial score (nSPS) is 29.3. The molecule has 0 spiro atoms. The van der Waals surface area contributed by atoms with Crippen LogP contribution in [0.3, 0.4) is 0 Å². The molecule has 2 heterocycles. The highest BCUT2D eigenvalue weighted by molar-refractivity contribution is 6.05. The van der Waals surface area contributed by atoms with Gasteiger partial charge >= 0.3 is 0 Å². The van der Waals surface area contributed by atoms with Gasteiger partial charge in [0.05, 0.1) is 12.1 Å². The van der Waals surface area contributed by atoms with Gasteiger partial charge in [-0.15, -0.1) is 0 Å². The molecule has 2 aliphatic heterocycles. The van der Waals surface area contributed by atoms with Crippen molar-refractivity contribution in [2.24, 2.45) is 37.1 Å². The zero-order valence-electron chi connectivity index (χ0n) is 21.5. The summed E-state index contributed by atoms with van der Waals surface area (Å²) in [7, 11) is 0. The lowest BCUT2D eigenvalue weighted by atomic mass is 9.75. The van der Waals surface area contributed by atoms with Crippen molar-refractivity contribution in [2.75, 3.05) is 0 Å². The number of nitrogens with zero attached hydrogens (tertiary/aromatic N) is 2. The molecule has 0 aromatic heterocycles. The molecule has 0 aromatic carbocycles. The van der Waals surface area contributed by atoms with Crippen LogP contribution in [0.2, 0.25) is 0 Å². The molecule has 4 nitrogen and oxygen atoms in total. The summed E-state index contributed by atoms with van der Waals surface area (Å²) in [6, 6.07) is 0.214. The second kappa shape index (κ2) is 6.99. The maximum Gasteiger partial charge on any atom is 0.199 e. The van der Waals surface area contributed by atoms with Gasteiger partial charge in [0, 0.05) is 10.8 Å². The van der Waals surface area contributed by atoms with Crippen LogP contribution in [0.5, 0.6) is 0 Å². The van der Waals surface area contributed by atoms with Gasteiger partial charge in [0.2, 0.25) is 0 Å². The van der Waals surface area contributed by atoms with Crippen molar-refractivity contribution in [1.82, 2.24) is 0 Å². The van der Waals surface area contributed by atoms with Crippen molar-refractivity contribution < 1.29 is 9.47 Å². The molecule has 0 amide bonds. The molecule has 0 fully saturated rings. The Balaban J connectivity index is 2.44. The van der Waals surface area contributed by atoms with Crippen LogP contribution in [0.15, 0.2) is 9.98 Å². The number of hydrogen-bond donors (Lipinski definition) is 0. The summed E-state index contributed by atoms with van der Waals surface area (Å²) in [6.07, 6.45) is 0.0752. The molecule has 29 heavy (non-hydrogen) atoms. The maximum atomic E-state index is 6.57. The first kappa shape index (κ1) is 24.2. The topological polar surface area (TPSA) is 43.2 Å². The van der Waals surface area contributed by atoms with E-state index >= 15 is 0 Å². The Morgan fingerprint density at radius 1 is 0.483 bits per heavy atom. The lowest BCUT2D eigenvalue weighted by Gasteiger charge is -2.37. The molecule has 0 saturated heterocycles. The fraction of sp³-hybridized carbons (Fsp3) is 0.920. The largest absolute Gasteiger partial charge is 0.474 e. The molecule has 4 heteroatoms. The first-order valence-electron chi connectivity index (χ1n) is 11.2. The molecule has 4 atom stereocenters. The van der Waals surface area contributed by atoms with Crippen LogP contribution in [0.25, 0.3) is 0 Å². The highest BCUT2D eigenvalue weighted by atomic mass is 16.5. The van der Waals surface area contributed by atoms with Crippen LogP contribution < -0.4 is 0 Å². The van der Waals surface area contributed by atoms with Gasteiger partial charge in [0.1, 0.15) is 17.6 Å². The molecule has 0 aliphatic carbocycles. The van der Waals surface area contributed by atoms with E-state index < -0.39 is 5.41 Å². The second-order valence-corrected chi connectivity index (χ2v) is 13.9. The van der Waals surface area contributed by atoms with Crippen LogP contribution in [-0.2, 0) is 9.47 Å². The van der Waals surface area contributed by atoms with E-state index in [1.165, 1.54) is 0 Å². The quantitative estimate of drug-likeness (QED) is 0.523. The van der Waals surface area contributed by atoms with Crippen LogP contribution >= 0.6 is 0 Å². The van der Waals surface area contributed by atoms with Crippen LogP contribution in [0, 0.1) is 27.1 Å². The van der Waals surface area contributed by atoms with Gasteiger partial charge in [0.15, 0.2) is 11.8 Å². The lowest BCUT2D eigenvalue weighted by molar-refractivity contribution is 0.0310.